The van der Waals surface area contributed by atoms with Crippen molar-refractivity contribution in [1.29, 1.82) is 0 Å². The number of benzene rings is 1. The minimum atomic E-state index is -0.303. The minimum absolute atomic E-state index is 0.0503. The van der Waals surface area contributed by atoms with Gasteiger partial charge in [0.05, 0.1) is 6.61 Å². The smallest absolute Gasteiger partial charge is 0.334 e. The summed E-state index contributed by atoms with van der Waals surface area (Å²) in [6.45, 7) is 8.13. The van der Waals surface area contributed by atoms with Gasteiger partial charge in [0, 0.05) is 24.0 Å². The van der Waals surface area contributed by atoms with Gasteiger partial charge in [-0.15, -0.1) is 0 Å². The van der Waals surface area contributed by atoms with Gasteiger partial charge in [-0.3, -0.25) is 0 Å². The molecule has 2 heterocycles. The normalized spacial score (nSPS) is 21.4. The van der Waals surface area contributed by atoms with E-state index in [9.17, 15) is 9.59 Å². The van der Waals surface area contributed by atoms with E-state index in [-0.39, 0.29) is 24.1 Å². The largest absolute Gasteiger partial charge is 0.494 e. The Morgan fingerprint density at radius 2 is 1.45 bits per heavy atom. The fraction of sp³-hybridized carbons (Fsp3) is 0.500. The molecule has 2 fully saturated rings. The van der Waals surface area contributed by atoms with E-state index in [1.54, 1.807) is 0 Å². The molecular formula is C24H30O5. The molecule has 3 rings (SSSR count). The van der Waals surface area contributed by atoms with Crippen molar-refractivity contribution in [3.05, 3.63) is 54.1 Å². The van der Waals surface area contributed by atoms with Crippen LogP contribution in [0.1, 0.15) is 69.5 Å². The Hall–Kier alpha value is -2.56. The van der Waals surface area contributed by atoms with E-state index in [2.05, 4.69) is 13.2 Å². The average Bonchev–Trinajstić information content (AvgIpc) is 3.21. The number of esters is 2. The SMILES string of the molecule is C=C1CC(CCCCCCCCOc2ccc(C3CC(=C)C(=O)O3)cc2)OC1=O. The van der Waals surface area contributed by atoms with Gasteiger partial charge in [-0.05, 0) is 37.0 Å². The summed E-state index contributed by atoms with van der Waals surface area (Å²) in [7, 11) is 0. The van der Waals surface area contributed by atoms with E-state index in [1.807, 2.05) is 24.3 Å². The number of hydrogen-bond acceptors (Lipinski definition) is 5. The number of cyclic esters (lactones) is 2. The maximum Gasteiger partial charge on any atom is 0.334 e. The topological polar surface area (TPSA) is 61.8 Å². The predicted octanol–water partition coefficient (Wildman–Crippen LogP) is 5.21. The summed E-state index contributed by atoms with van der Waals surface area (Å²) in [4.78, 5) is 22.7. The van der Waals surface area contributed by atoms with E-state index in [4.69, 9.17) is 14.2 Å². The maximum absolute atomic E-state index is 11.4. The molecule has 1 aromatic rings. The number of carbonyl (C=O) groups excluding carboxylic acids is 2. The van der Waals surface area contributed by atoms with E-state index >= 15 is 0 Å². The van der Waals surface area contributed by atoms with Crippen LogP contribution in [0.2, 0.25) is 0 Å². The van der Waals surface area contributed by atoms with Crippen LogP contribution in [0.4, 0.5) is 0 Å². The summed E-state index contributed by atoms with van der Waals surface area (Å²) in [5.41, 5.74) is 2.11. The molecule has 2 aliphatic heterocycles. The molecule has 156 valence electrons. The van der Waals surface area contributed by atoms with Crippen LogP contribution in [-0.2, 0) is 19.1 Å². The average molecular weight is 398 g/mol. The molecule has 0 spiro atoms. The second kappa shape index (κ2) is 10.3. The van der Waals surface area contributed by atoms with E-state index in [0.29, 0.717) is 30.6 Å². The Morgan fingerprint density at radius 1 is 0.828 bits per heavy atom. The number of hydrogen-bond donors (Lipinski definition) is 0. The summed E-state index contributed by atoms with van der Waals surface area (Å²) >= 11 is 0. The van der Waals surface area contributed by atoms with Crippen molar-refractivity contribution in [2.24, 2.45) is 0 Å². The van der Waals surface area contributed by atoms with Crippen LogP contribution in [0.15, 0.2) is 48.6 Å². The Morgan fingerprint density at radius 3 is 2.07 bits per heavy atom. The quantitative estimate of drug-likeness (QED) is 0.291. The number of rotatable bonds is 11. The standard InChI is InChI=1S/C24H30O5/c1-17-15-21(28-23(17)25)9-7-5-3-4-6-8-14-27-20-12-10-19(11-13-20)22-16-18(2)24(26)29-22/h10-13,21-22H,1-9,14-16H2. The van der Waals surface area contributed by atoms with Gasteiger partial charge in [-0.25, -0.2) is 9.59 Å². The summed E-state index contributed by atoms with van der Waals surface area (Å²) in [6.07, 6.45) is 8.85. The van der Waals surface area contributed by atoms with Gasteiger partial charge in [0.15, 0.2) is 0 Å². The van der Waals surface area contributed by atoms with Crippen molar-refractivity contribution >= 4 is 11.9 Å². The van der Waals surface area contributed by atoms with Crippen molar-refractivity contribution < 1.29 is 23.8 Å². The monoisotopic (exact) mass is 398 g/mol. The Bertz CT molecular complexity index is 717. The molecule has 0 N–H and O–H groups in total. The Balaban J connectivity index is 1.20. The highest BCUT2D eigenvalue weighted by Crippen LogP contribution is 2.32. The first-order valence-corrected chi connectivity index (χ1v) is 10.5. The van der Waals surface area contributed by atoms with Crippen molar-refractivity contribution in [3.8, 4) is 5.75 Å². The Labute approximate surface area is 172 Å². The highest BCUT2D eigenvalue weighted by Gasteiger charge is 2.28. The third-order valence-electron chi connectivity index (χ3n) is 5.45. The molecule has 2 aliphatic rings. The first-order valence-electron chi connectivity index (χ1n) is 10.5. The lowest BCUT2D eigenvalue weighted by molar-refractivity contribution is -0.140. The highest BCUT2D eigenvalue weighted by molar-refractivity contribution is 5.90. The molecule has 2 saturated heterocycles. The predicted molar refractivity (Wildman–Crippen MR) is 110 cm³/mol. The van der Waals surface area contributed by atoms with E-state index in [1.165, 1.54) is 19.3 Å². The lowest BCUT2D eigenvalue weighted by Crippen LogP contribution is -2.06. The zero-order valence-corrected chi connectivity index (χ0v) is 17.0. The third kappa shape index (κ3) is 6.21. The van der Waals surface area contributed by atoms with Crippen molar-refractivity contribution in [3.63, 3.8) is 0 Å². The molecule has 0 saturated carbocycles. The molecule has 29 heavy (non-hydrogen) atoms. The van der Waals surface area contributed by atoms with Crippen LogP contribution in [-0.4, -0.2) is 24.6 Å². The fourth-order valence-corrected chi connectivity index (χ4v) is 3.69. The van der Waals surface area contributed by atoms with Crippen LogP contribution in [0.25, 0.3) is 0 Å². The summed E-state index contributed by atoms with van der Waals surface area (Å²) in [5, 5.41) is 0. The second-order valence-corrected chi connectivity index (χ2v) is 7.86. The van der Waals surface area contributed by atoms with Gasteiger partial charge < -0.3 is 14.2 Å². The summed E-state index contributed by atoms with van der Waals surface area (Å²) in [6, 6.07) is 7.75. The van der Waals surface area contributed by atoms with Crippen LogP contribution >= 0.6 is 0 Å². The van der Waals surface area contributed by atoms with E-state index in [0.717, 1.165) is 37.0 Å². The van der Waals surface area contributed by atoms with Crippen molar-refractivity contribution in [2.75, 3.05) is 6.61 Å². The molecule has 5 nitrogen and oxygen atoms in total. The molecule has 0 aliphatic carbocycles. The number of carbonyl (C=O) groups is 2. The zero-order chi connectivity index (χ0) is 20.6. The maximum atomic E-state index is 11.4. The number of unbranched alkanes of at least 4 members (excludes halogenated alkanes) is 5. The molecule has 0 radical (unpaired) electrons. The van der Waals surface area contributed by atoms with Gasteiger partial charge in [-0.2, -0.15) is 0 Å². The molecule has 5 heteroatoms. The Kier molecular flexibility index (Phi) is 7.50. The molecule has 0 amide bonds. The molecule has 0 aromatic heterocycles. The van der Waals surface area contributed by atoms with Gasteiger partial charge in [-0.1, -0.05) is 51.0 Å². The fourth-order valence-electron chi connectivity index (χ4n) is 3.69. The van der Waals surface area contributed by atoms with Crippen LogP contribution in [0, 0.1) is 0 Å². The lowest BCUT2D eigenvalue weighted by atomic mass is 10.0. The van der Waals surface area contributed by atoms with Gasteiger partial charge >= 0.3 is 11.9 Å². The zero-order valence-electron chi connectivity index (χ0n) is 17.0. The van der Waals surface area contributed by atoms with Crippen molar-refractivity contribution in [1.82, 2.24) is 0 Å². The molecule has 2 unspecified atom stereocenters. The van der Waals surface area contributed by atoms with Crippen molar-refractivity contribution in [2.45, 2.75) is 70.0 Å². The van der Waals surface area contributed by atoms with Gasteiger partial charge in [0.1, 0.15) is 18.0 Å². The summed E-state index contributed by atoms with van der Waals surface area (Å²) < 4.78 is 16.3. The molecule has 1 aromatic carbocycles. The second-order valence-electron chi connectivity index (χ2n) is 7.86. The first-order chi connectivity index (χ1) is 14.0. The molecule has 0 bridgehead atoms. The third-order valence-corrected chi connectivity index (χ3v) is 5.45. The van der Waals surface area contributed by atoms with Crippen LogP contribution in [0.5, 0.6) is 5.75 Å². The first kappa shape index (κ1) is 21.2. The van der Waals surface area contributed by atoms with E-state index < -0.39 is 0 Å². The van der Waals surface area contributed by atoms with Crippen LogP contribution in [0.3, 0.4) is 0 Å². The van der Waals surface area contributed by atoms with Gasteiger partial charge in [0.2, 0.25) is 0 Å². The van der Waals surface area contributed by atoms with Gasteiger partial charge in [0.25, 0.3) is 0 Å². The van der Waals surface area contributed by atoms with Crippen LogP contribution < -0.4 is 4.74 Å². The molecular weight excluding hydrogens is 368 g/mol. The highest BCUT2D eigenvalue weighted by atomic mass is 16.6. The lowest BCUT2D eigenvalue weighted by Gasteiger charge is -2.11. The summed E-state index contributed by atoms with van der Waals surface area (Å²) in [5.74, 6) is 0.310. The number of ether oxygens (including phenoxy) is 3. The minimum Gasteiger partial charge on any atom is -0.494 e. The molecule has 2 atom stereocenters.